The van der Waals surface area contributed by atoms with Crippen LogP contribution in [0.25, 0.3) is 0 Å². The van der Waals surface area contributed by atoms with Gasteiger partial charge in [0.25, 0.3) is 5.91 Å². The Hall–Kier alpha value is -1.81. The van der Waals surface area contributed by atoms with Crippen molar-refractivity contribution < 1.29 is 4.79 Å². The lowest BCUT2D eigenvalue weighted by molar-refractivity contribution is 0.102. The van der Waals surface area contributed by atoms with Crippen molar-refractivity contribution in [1.29, 1.82) is 0 Å². The van der Waals surface area contributed by atoms with Gasteiger partial charge in [0.05, 0.1) is 5.56 Å². The predicted octanol–water partition coefficient (Wildman–Crippen LogP) is 4.83. The molecule has 0 bridgehead atoms. The number of aryl methyl sites for hydroxylation is 1. The highest BCUT2D eigenvalue weighted by Gasteiger charge is 2.12. The van der Waals surface area contributed by atoms with Crippen molar-refractivity contribution in [3.63, 3.8) is 0 Å². The summed E-state index contributed by atoms with van der Waals surface area (Å²) in [6, 6.07) is 13.6. The second kappa shape index (κ2) is 6.76. The van der Waals surface area contributed by atoms with Crippen LogP contribution < -0.4 is 10.6 Å². The van der Waals surface area contributed by atoms with Crippen molar-refractivity contribution in [2.75, 3.05) is 10.6 Å². The van der Waals surface area contributed by atoms with Gasteiger partial charge >= 0.3 is 0 Å². The van der Waals surface area contributed by atoms with E-state index in [1.165, 1.54) is 0 Å². The van der Waals surface area contributed by atoms with Crippen LogP contribution in [-0.2, 0) is 0 Å². The monoisotopic (exact) mass is 346 g/mol. The molecular formula is C17H19BrN2O. The summed E-state index contributed by atoms with van der Waals surface area (Å²) < 4.78 is 1.03. The quantitative estimate of drug-likeness (QED) is 0.832. The molecule has 0 saturated heterocycles. The Morgan fingerprint density at radius 3 is 2.52 bits per heavy atom. The van der Waals surface area contributed by atoms with Crippen LogP contribution in [0, 0.1) is 6.92 Å². The van der Waals surface area contributed by atoms with Crippen LogP contribution in [0.2, 0.25) is 0 Å². The Morgan fingerprint density at radius 2 is 1.86 bits per heavy atom. The minimum atomic E-state index is -0.111. The van der Waals surface area contributed by atoms with Crippen LogP contribution in [-0.4, -0.2) is 11.9 Å². The van der Waals surface area contributed by atoms with Gasteiger partial charge in [-0.25, -0.2) is 0 Å². The zero-order chi connectivity index (χ0) is 15.4. The van der Waals surface area contributed by atoms with Crippen molar-refractivity contribution in [2.24, 2.45) is 0 Å². The van der Waals surface area contributed by atoms with Gasteiger partial charge in [0.15, 0.2) is 0 Å². The average molecular weight is 347 g/mol. The van der Waals surface area contributed by atoms with Crippen LogP contribution in [0.1, 0.15) is 29.8 Å². The van der Waals surface area contributed by atoms with E-state index < -0.39 is 0 Å². The van der Waals surface area contributed by atoms with E-state index in [2.05, 4.69) is 26.6 Å². The molecule has 4 heteroatoms. The normalized spacial score (nSPS) is 10.5. The van der Waals surface area contributed by atoms with Gasteiger partial charge in [-0.1, -0.05) is 28.1 Å². The molecule has 0 aliphatic rings. The number of para-hydroxylation sites is 1. The van der Waals surface area contributed by atoms with E-state index in [1.807, 2.05) is 63.2 Å². The molecule has 1 amide bonds. The van der Waals surface area contributed by atoms with Crippen molar-refractivity contribution in [1.82, 2.24) is 0 Å². The maximum absolute atomic E-state index is 12.4. The van der Waals surface area contributed by atoms with Crippen LogP contribution in [0.4, 0.5) is 11.4 Å². The first-order valence-electron chi connectivity index (χ1n) is 6.90. The second-order valence-electron chi connectivity index (χ2n) is 5.26. The highest BCUT2D eigenvalue weighted by molar-refractivity contribution is 9.10. The third kappa shape index (κ3) is 4.08. The Kier molecular flexibility index (Phi) is 5.02. The summed E-state index contributed by atoms with van der Waals surface area (Å²) in [7, 11) is 0. The van der Waals surface area contributed by atoms with Gasteiger partial charge in [0.2, 0.25) is 0 Å². The predicted molar refractivity (Wildman–Crippen MR) is 92.0 cm³/mol. The van der Waals surface area contributed by atoms with Crippen LogP contribution in [0.3, 0.4) is 0 Å². The minimum Gasteiger partial charge on any atom is -0.382 e. The third-order valence-electron chi connectivity index (χ3n) is 3.03. The van der Waals surface area contributed by atoms with Crippen molar-refractivity contribution in [3.8, 4) is 0 Å². The van der Waals surface area contributed by atoms with Crippen molar-refractivity contribution >= 4 is 33.2 Å². The summed E-state index contributed by atoms with van der Waals surface area (Å²) in [4.78, 5) is 12.4. The summed E-state index contributed by atoms with van der Waals surface area (Å²) in [5.74, 6) is -0.111. The Labute approximate surface area is 133 Å². The fourth-order valence-corrected chi connectivity index (χ4v) is 2.29. The summed E-state index contributed by atoms with van der Waals surface area (Å²) in [6.07, 6.45) is 0. The molecule has 2 N–H and O–H groups in total. The number of anilines is 2. The molecule has 0 aliphatic heterocycles. The molecule has 0 heterocycles. The molecule has 0 saturated carbocycles. The lowest BCUT2D eigenvalue weighted by Gasteiger charge is -2.15. The molecular weight excluding hydrogens is 328 g/mol. The maximum atomic E-state index is 12.4. The van der Waals surface area contributed by atoms with Crippen LogP contribution >= 0.6 is 15.9 Å². The minimum absolute atomic E-state index is 0.111. The van der Waals surface area contributed by atoms with Crippen molar-refractivity contribution in [2.45, 2.75) is 26.8 Å². The number of halogens is 1. The van der Waals surface area contributed by atoms with Gasteiger partial charge in [-0.3, -0.25) is 4.79 Å². The largest absolute Gasteiger partial charge is 0.382 e. The molecule has 2 aromatic rings. The van der Waals surface area contributed by atoms with Gasteiger partial charge in [0.1, 0.15) is 0 Å². The molecule has 110 valence electrons. The second-order valence-corrected chi connectivity index (χ2v) is 6.12. The summed E-state index contributed by atoms with van der Waals surface area (Å²) in [6.45, 7) is 6.09. The third-order valence-corrected chi connectivity index (χ3v) is 3.92. The number of nitrogens with one attached hydrogen (secondary N) is 2. The van der Waals surface area contributed by atoms with E-state index in [0.29, 0.717) is 5.56 Å². The SMILES string of the molecule is Cc1cc(NC(=O)c2ccccc2NC(C)C)ccc1Br. The molecule has 2 aromatic carbocycles. The molecule has 3 nitrogen and oxygen atoms in total. The van der Waals surface area contributed by atoms with E-state index in [1.54, 1.807) is 0 Å². The summed E-state index contributed by atoms with van der Waals surface area (Å²) in [5.41, 5.74) is 3.37. The number of carbonyl (C=O) groups excluding carboxylic acids is 1. The Bertz CT molecular complexity index is 653. The number of hydrogen-bond acceptors (Lipinski definition) is 2. The number of benzene rings is 2. The molecule has 0 aromatic heterocycles. The van der Waals surface area contributed by atoms with Gasteiger partial charge in [0, 0.05) is 21.9 Å². The molecule has 0 spiro atoms. The highest BCUT2D eigenvalue weighted by atomic mass is 79.9. The first-order chi connectivity index (χ1) is 9.97. The molecule has 2 rings (SSSR count). The first kappa shape index (κ1) is 15.6. The lowest BCUT2D eigenvalue weighted by atomic mass is 10.1. The van der Waals surface area contributed by atoms with Crippen LogP contribution in [0.5, 0.6) is 0 Å². The number of hydrogen-bond donors (Lipinski definition) is 2. The van der Waals surface area contributed by atoms with E-state index in [-0.39, 0.29) is 11.9 Å². The van der Waals surface area contributed by atoms with Crippen LogP contribution in [0.15, 0.2) is 46.9 Å². The molecule has 0 unspecified atom stereocenters. The zero-order valence-electron chi connectivity index (χ0n) is 12.4. The first-order valence-corrected chi connectivity index (χ1v) is 7.69. The lowest BCUT2D eigenvalue weighted by Crippen LogP contribution is -2.17. The van der Waals surface area contributed by atoms with Gasteiger partial charge in [-0.05, 0) is 56.7 Å². The number of amides is 1. The smallest absolute Gasteiger partial charge is 0.257 e. The standard InChI is InChI=1S/C17H19BrN2O/c1-11(2)19-16-7-5-4-6-14(16)17(21)20-13-8-9-15(18)12(3)10-13/h4-11,19H,1-3H3,(H,20,21). The fourth-order valence-electron chi connectivity index (χ4n) is 2.04. The highest BCUT2D eigenvalue weighted by Crippen LogP contribution is 2.22. The Balaban J connectivity index is 2.22. The van der Waals surface area contributed by atoms with Gasteiger partial charge in [-0.2, -0.15) is 0 Å². The molecule has 21 heavy (non-hydrogen) atoms. The number of carbonyl (C=O) groups is 1. The maximum Gasteiger partial charge on any atom is 0.257 e. The molecule has 0 aliphatic carbocycles. The Morgan fingerprint density at radius 1 is 1.14 bits per heavy atom. The molecule has 0 atom stereocenters. The fraction of sp³-hybridized carbons (Fsp3) is 0.235. The van der Waals surface area contributed by atoms with Gasteiger partial charge in [-0.15, -0.1) is 0 Å². The summed E-state index contributed by atoms with van der Waals surface area (Å²) >= 11 is 3.46. The average Bonchev–Trinajstić information content (AvgIpc) is 2.43. The van der Waals surface area contributed by atoms with Gasteiger partial charge < -0.3 is 10.6 Å². The van der Waals surface area contributed by atoms with E-state index in [9.17, 15) is 4.79 Å². The molecule has 0 fully saturated rings. The topological polar surface area (TPSA) is 41.1 Å². The van der Waals surface area contributed by atoms with E-state index >= 15 is 0 Å². The van der Waals surface area contributed by atoms with E-state index in [0.717, 1.165) is 21.4 Å². The number of rotatable bonds is 4. The van der Waals surface area contributed by atoms with E-state index in [4.69, 9.17) is 0 Å². The van der Waals surface area contributed by atoms with Crippen molar-refractivity contribution in [3.05, 3.63) is 58.1 Å². The zero-order valence-corrected chi connectivity index (χ0v) is 14.0. The molecule has 0 radical (unpaired) electrons. The summed E-state index contributed by atoms with van der Waals surface area (Å²) in [5, 5.41) is 6.23.